The normalized spacial score (nSPS) is 13.4. The summed E-state index contributed by atoms with van der Waals surface area (Å²) in [6.45, 7) is 6.85. The minimum Gasteiger partial charge on any atom is -0.298 e. The molecule has 72 valence electrons. The lowest BCUT2D eigenvalue weighted by Crippen LogP contribution is -2.35. The van der Waals surface area contributed by atoms with Crippen molar-refractivity contribution >= 4 is 5.78 Å². The highest BCUT2D eigenvalue weighted by Gasteiger charge is 2.12. The van der Waals surface area contributed by atoms with Gasteiger partial charge >= 0.3 is 0 Å². The van der Waals surface area contributed by atoms with Crippen molar-refractivity contribution in [1.82, 2.24) is 4.90 Å². The largest absolute Gasteiger partial charge is 0.298 e. The van der Waals surface area contributed by atoms with Gasteiger partial charge in [0.15, 0.2) is 0 Å². The van der Waals surface area contributed by atoms with Crippen LogP contribution in [-0.4, -0.2) is 30.3 Å². The lowest BCUT2D eigenvalue weighted by molar-refractivity contribution is -0.121. The Kier molecular flexibility index (Phi) is 5.99. The van der Waals surface area contributed by atoms with Crippen LogP contribution in [0, 0.1) is 0 Å². The first kappa shape index (κ1) is 11.6. The average Bonchev–Trinajstić information content (AvgIpc) is 2.03. The Balaban J connectivity index is 3.56. The summed E-state index contributed by atoms with van der Waals surface area (Å²) >= 11 is 0. The van der Waals surface area contributed by atoms with Gasteiger partial charge in [-0.05, 0) is 33.9 Å². The van der Waals surface area contributed by atoms with Crippen LogP contribution in [0.5, 0.6) is 0 Å². The van der Waals surface area contributed by atoms with Gasteiger partial charge < -0.3 is 0 Å². The van der Waals surface area contributed by atoms with E-state index >= 15 is 0 Å². The van der Waals surface area contributed by atoms with E-state index in [1.807, 2.05) is 14.0 Å². The molecule has 2 heteroatoms. The molecule has 0 aliphatic carbocycles. The molecule has 0 aromatic carbocycles. The van der Waals surface area contributed by atoms with Crippen LogP contribution in [0.15, 0.2) is 0 Å². The molecule has 0 aromatic heterocycles. The number of nitrogens with zero attached hydrogens (tertiary/aromatic N) is 1. The van der Waals surface area contributed by atoms with Crippen molar-refractivity contribution in [3.8, 4) is 0 Å². The number of unbranched alkanes of at least 4 members (excludes halogenated alkanes) is 2. The molecule has 0 aromatic rings. The third kappa shape index (κ3) is 4.50. The Morgan fingerprint density at radius 3 is 2.42 bits per heavy atom. The van der Waals surface area contributed by atoms with Gasteiger partial charge in [-0.25, -0.2) is 0 Å². The molecule has 1 unspecified atom stereocenters. The SMILES string of the molecule is CCCCCN(C)C(C)C(C)=O. The van der Waals surface area contributed by atoms with Crippen molar-refractivity contribution in [2.45, 2.75) is 46.1 Å². The zero-order chi connectivity index (χ0) is 9.56. The molecule has 0 bridgehead atoms. The first-order chi connectivity index (χ1) is 5.59. The fraction of sp³-hybridized carbons (Fsp3) is 0.900. The Morgan fingerprint density at radius 2 is 2.00 bits per heavy atom. The minimum atomic E-state index is 0.0851. The van der Waals surface area contributed by atoms with Gasteiger partial charge in [0.25, 0.3) is 0 Å². The molecule has 0 aliphatic heterocycles. The molecular weight excluding hydrogens is 150 g/mol. The van der Waals surface area contributed by atoms with Gasteiger partial charge in [-0.3, -0.25) is 9.69 Å². The van der Waals surface area contributed by atoms with Gasteiger partial charge in [0.1, 0.15) is 5.78 Å². The number of Topliss-reactive ketones (excluding diaryl/α,β-unsaturated/α-hetero) is 1. The van der Waals surface area contributed by atoms with Crippen LogP contribution in [-0.2, 0) is 4.79 Å². The first-order valence-corrected chi connectivity index (χ1v) is 4.80. The second-order valence-electron chi connectivity index (χ2n) is 3.47. The maximum absolute atomic E-state index is 11.0. The Morgan fingerprint density at radius 1 is 1.42 bits per heavy atom. The molecule has 0 saturated carbocycles. The lowest BCUT2D eigenvalue weighted by Gasteiger charge is -2.21. The summed E-state index contributed by atoms with van der Waals surface area (Å²) in [4.78, 5) is 13.1. The summed E-state index contributed by atoms with van der Waals surface area (Å²) in [6.07, 6.45) is 3.70. The molecule has 0 heterocycles. The van der Waals surface area contributed by atoms with Crippen LogP contribution in [0.3, 0.4) is 0 Å². The molecular formula is C10H21NO. The van der Waals surface area contributed by atoms with Crippen LogP contribution in [0.25, 0.3) is 0 Å². The first-order valence-electron chi connectivity index (χ1n) is 4.80. The van der Waals surface area contributed by atoms with E-state index in [0.717, 1.165) is 6.54 Å². The zero-order valence-electron chi connectivity index (χ0n) is 8.76. The van der Waals surface area contributed by atoms with Crippen LogP contribution >= 0.6 is 0 Å². The number of rotatable bonds is 6. The number of hydrogen-bond donors (Lipinski definition) is 0. The highest BCUT2D eigenvalue weighted by Crippen LogP contribution is 2.01. The van der Waals surface area contributed by atoms with Crippen LogP contribution in [0.4, 0.5) is 0 Å². The minimum absolute atomic E-state index is 0.0851. The van der Waals surface area contributed by atoms with Crippen molar-refractivity contribution in [2.75, 3.05) is 13.6 Å². The molecule has 0 rings (SSSR count). The van der Waals surface area contributed by atoms with E-state index in [4.69, 9.17) is 0 Å². The molecule has 0 N–H and O–H groups in total. The van der Waals surface area contributed by atoms with Crippen molar-refractivity contribution in [1.29, 1.82) is 0 Å². The third-order valence-electron chi connectivity index (χ3n) is 2.36. The highest BCUT2D eigenvalue weighted by atomic mass is 16.1. The summed E-state index contributed by atoms with van der Waals surface area (Å²) in [5.74, 6) is 0.258. The van der Waals surface area contributed by atoms with Gasteiger partial charge in [0.05, 0.1) is 6.04 Å². The average molecular weight is 171 g/mol. The van der Waals surface area contributed by atoms with Crippen molar-refractivity contribution in [3.05, 3.63) is 0 Å². The van der Waals surface area contributed by atoms with E-state index in [2.05, 4.69) is 11.8 Å². The fourth-order valence-electron chi connectivity index (χ4n) is 1.12. The van der Waals surface area contributed by atoms with Gasteiger partial charge in [0.2, 0.25) is 0 Å². The number of likely N-dealkylation sites (N-methyl/N-ethyl adjacent to an activating group) is 1. The Labute approximate surface area is 75.9 Å². The maximum Gasteiger partial charge on any atom is 0.146 e. The van der Waals surface area contributed by atoms with E-state index < -0.39 is 0 Å². The molecule has 0 radical (unpaired) electrons. The summed E-state index contributed by atoms with van der Waals surface area (Å²) in [5, 5.41) is 0. The standard InChI is InChI=1S/C10H21NO/c1-5-6-7-8-11(4)9(2)10(3)12/h9H,5-8H2,1-4H3. The quantitative estimate of drug-likeness (QED) is 0.570. The monoisotopic (exact) mass is 171 g/mol. The molecule has 0 saturated heterocycles. The topological polar surface area (TPSA) is 20.3 Å². The highest BCUT2D eigenvalue weighted by molar-refractivity contribution is 5.80. The second-order valence-corrected chi connectivity index (χ2v) is 3.47. The zero-order valence-corrected chi connectivity index (χ0v) is 8.76. The fourth-order valence-corrected chi connectivity index (χ4v) is 1.12. The lowest BCUT2D eigenvalue weighted by atomic mass is 10.2. The number of carbonyl (C=O) groups excluding carboxylic acids is 1. The van der Waals surface area contributed by atoms with E-state index in [1.165, 1.54) is 19.3 Å². The van der Waals surface area contributed by atoms with Crippen LogP contribution in [0.2, 0.25) is 0 Å². The number of carbonyl (C=O) groups is 1. The smallest absolute Gasteiger partial charge is 0.146 e. The summed E-state index contributed by atoms with van der Waals surface area (Å²) in [6, 6.07) is 0.0851. The molecule has 2 nitrogen and oxygen atoms in total. The van der Waals surface area contributed by atoms with Gasteiger partial charge in [-0.2, -0.15) is 0 Å². The summed E-state index contributed by atoms with van der Waals surface area (Å²) in [5.41, 5.74) is 0. The van der Waals surface area contributed by atoms with Gasteiger partial charge in [0, 0.05) is 0 Å². The predicted octanol–water partition coefficient (Wildman–Crippen LogP) is 2.09. The van der Waals surface area contributed by atoms with Gasteiger partial charge in [-0.1, -0.05) is 19.8 Å². The number of hydrogen-bond acceptors (Lipinski definition) is 2. The molecule has 12 heavy (non-hydrogen) atoms. The Hall–Kier alpha value is -0.370. The maximum atomic E-state index is 11.0. The molecule has 0 aliphatic rings. The summed E-state index contributed by atoms with van der Waals surface area (Å²) in [7, 11) is 2.02. The van der Waals surface area contributed by atoms with Crippen molar-refractivity contribution < 1.29 is 4.79 Å². The number of ketones is 1. The van der Waals surface area contributed by atoms with Crippen molar-refractivity contribution in [3.63, 3.8) is 0 Å². The summed E-state index contributed by atoms with van der Waals surface area (Å²) < 4.78 is 0. The third-order valence-corrected chi connectivity index (χ3v) is 2.36. The second kappa shape index (κ2) is 6.18. The van der Waals surface area contributed by atoms with Crippen LogP contribution < -0.4 is 0 Å². The van der Waals surface area contributed by atoms with E-state index in [1.54, 1.807) is 6.92 Å². The van der Waals surface area contributed by atoms with Crippen molar-refractivity contribution in [2.24, 2.45) is 0 Å². The molecule has 1 atom stereocenters. The van der Waals surface area contributed by atoms with E-state index in [0.29, 0.717) is 0 Å². The van der Waals surface area contributed by atoms with E-state index in [-0.39, 0.29) is 11.8 Å². The molecule has 0 fully saturated rings. The molecule has 0 amide bonds. The predicted molar refractivity (Wildman–Crippen MR) is 52.3 cm³/mol. The van der Waals surface area contributed by atoms with Crippen LogP contribution in [0.1, 0.15) is 40.0 Å². The molecule has 0 spiro atoms. The van der Waals surface area contributed by atoms with E-state index in [9.17, 15) is 4.79 Å². The Bertz CT molecular complexity index is 134. The van der Waals surface area contributed by atoms with Gasteiger partial charge in [-0.15, -0.1) is 0 Å².